The molecule has 3 aromatic carbocycles. The van der Waals surface area contributed by atoms with Crippen LogP contribution in [0.25, 0.3) is 22.0 Å². The standard InChI is InChI=1S/C19H16FN5O2S.C2HF3O2/c20-17-15(9-10-16-18(17)23-24-19(16)22)11-1-5-13(6-2-11)25-28(26,27)14-7-3-12(21)4-8-14;3-2(4,5)1(6)7/h1-10,25H,21H2,(H3,22,23,24);(H,6,7). The van der Waals surface area contributed by atoms with Gasteiger partial charge in [0.05, 0.1) is 4.90 Å². The van der Waals surface area contributed by atoms with Crippen molar-refractivity contribution in [3.05, 3.63) is 66.5 Å². The number of carbonyl (C=O) groups is 1. The largest absolute Gasteiger partial charge is 0.490 e. The number of nitrogens with zero attached hydrogens (tertiary/aromatic N) is 1. The van der Waals surface area contributed by atoms with Gasteiger partial charge in [-0.3, -0.25) is 9.82 Å². The summed E-state index contributed by atoms with van der Waals surface area (Å²) in [4.78, 5) is 8.99. The van der Waals surface area contributed by atoms with Gasteiger partial charge in [0, 0.05) is 22.3 Å². The van der Waals surface area contributed by atoms with Crippen molar-refractivity contribution >= 4 is 44.1 Å². The normalized spacial score (nSPS) is 11.5. The van der Waals surface area contributed by atoms with Crippen molar-refractivity contribution in [1.29, 1.82) is 0 Å². The molecule has 0 bridgehead atoms. The molecule has 0 unspecified atom stereocenters. The van der Waals surface area contributed by atoms with Crippen LogP contribution in [0.4, 0.5) is 34.8 Å². The summed E-state index contributed by atoms with van der Waals surface area (Å²) in [5.74, 6) is -3.00. The number of nitrogens with one attached hydrogen (secondary N) is 2. The fourth-order valence-corrected chi connectivity index (χ4v) is 3.94. The first kappa shape index (κ1) is 25.3. The maximum Gasteiger partial charge on any atom is 0.490 e. The van der Waals surface area contributed by atoms with E-state index in [0.29, 0.717) is 27.9 Å². The first-order chi connectivity index (χ1) is 16.3. The van der Waals surface area contributed by atoms with E-state index in [2.05, 4.69) is 14.9 Å². The molecule has 0 aliphatic heterocycles. The quantitative estimate of drug-likeness (QED) is 0.204. The van der Waals surface area contributed by atoms with Crippen molar-refractivity contribution in [2.45, 2.75) is 11.1 Å². The third-order valence-electron chi connectivity index (χ3n) is 4.59. The van der Waals surface area contributed by atoms with Crippen LogP contribution in [0, 0.1) is 5.82 Å². The second kappa shape index (κ2) is 9.50. The van der Waals surface area contributed by atoms with Crippen LogP contribution < -0.4 is 16.2 Å². The predicted octanol–water partition coefficient (Wildman–Crippen LogP) is 3.97. The van der Waals surface area contributed by atoms with Gasteiger partial charge < -0.3 is 16.6 Å². The smallest absolute Gasteiger partial charge is 0.475 e. The molecule has 0 fully saturated rings. The number of carboxylic acids is 1. The minimum absolute atomic E-state index is 0.0964. The summed E-state index contributed by atoms with van der Waals surface area (Å²) < 4.78 is 73.8. The Morgan fingerprint density at radius 1 is 0.971 bits per heavy atom. The predicted molar refractivity (Wildman–Crippen MR) is 121 cm³/mol. The lowest BCUT2D eigenvalue weighted by atomic mass is 10.0. The highest BCUT2D eigenvalue weighted by Crippen LogP contribution is 2.31. The number of fused-ring (bicyclic) bond motifs is 1. The Morgan fingerprint density at radius 2 is 1.54 bits per heavy atom. The molecule has 7 N–H and O–H groups in total. The molecule has 9 nitrogen and oxygen atoms in total. The molecule has 14 heteroatoms. The average molecular weight is 511 g/mol. The Bertz CT molecular complexity index is 1470. The van der Waals surface area contributed by atoms with E-state index >= 15 is 0 Å². The number of alkyl halides is 3. The highest BCUT2D eigenvalue weighted by atomic mass is 32.2. The Kier molecular flexibility index (Phi) is 6.87. The number of H-pyrrole nitrogens is 1. The first-order valence-corrected chi connectivity index (χ1v) is 11.0. The Balaban J connectivity index is 0.000000429. The SMILES string of the molecule is Nc1ccc(S(=O)(=O)Nc2ccc(-c3ccc4c(N)n[nH]c4c3F)cc2)cc1.O=C(O)C(F)(F)F. The van der Waals surface area contributed by atoms with Crippen LogP contribution in [-0.2, 0) is 14.8 Å². The summed E-state index contributed by atoms with van der Waals surface area (Å²) in [6.45, 7) is 0. The van der Waals surface area contributed by atoms with Crippen LogP contribution in [0.3, 0.4) is 0 Å². The molecule has 184 valence electrons. The summed E-state index contributed by atoms with van der Waals surface area (Å²) in [6.07, 6.45) is -5.08. The van der Waals surface area contributed by atoms with Crippen LogP contribution in [0.15, 0.2) is 65.6 Å². The molecule has 0 aliphatic carbocycles. The zero-order valence-electron chi connectivity index (χ0n) is 17.5. The maximum absolute atomic E-state index is 14.7. The zero-order valence-corrected chi connectivity index (χ0v) is 18.3. The number of aromatic amines is 1. The van der Waals surface area contributed by atoms with Gasteiger partial charge >= 0.3 is 12.1 Å². The lowest BCUT2D eigenvalue weighted by Crippen LogP contribution is -2.21. The molecule has 1 heterocycles. The van der Waals surface area contributed by atoms with Gasteiger partial charge in [-0.05, 0) is 48.0 Å². The molecular formula is C21H17F4N5O4S. The van der Waals surface area contributed by atoms with E-state index in [1.807, 2.05) is 0 Å². The summed E-state index contributed by atoms with van der Waals surface area (Å²) in [5, 5.41) is 14.0. The summed E-state index contributed by atoms with van der Waals surface area (Å²) >= 11 is 0. The molecule has 35 heavy (non-hydrogen) atoms. The minimum atomic E-state index is -5.08. The molecule has 0 radical (unpaired) electrons. The number of sulfonamides is 1. The third kappa shape index (κ3) is 5.78. The van der Waals surface area contributed by atoms with Crippen LogP contribution in [0.5, 0.6) is 0 Å². The second-order valence-electron chi connectivity index (χ2n) is 7.01. The van der Waals surface area contributed by atoms with Crippen LogP contribution in [0.1, 0.15) is 0 Å². The van der Waals surface area contributed by atoms with Crippen molar-refractivity contribution in [2.75, 3.05) is 16.2 Å². The van der Waals surface area contributed by atoms with Gasteiger partial charge in [0.2, 0.25) is 0 Å². The monoisotopic (exact) mass is 511 g/mol. The van der Waals surface area contributed by atoms with Crippen molar-refractivity contribution < 1.29 is 35.9 Å². The van der Waals surface area contributed by atoms with E-state index in [1.165, 1.54) is 24.3 Å². The van der Waals surface area contributed by atoms with Crippen LogP contribution in [0.2, 0.25) is 0 Å². The summed E-state index contributed by atoms with van der Waals surface area (Å²) in [5.41, 5.74) is 13.3. The molecule has 0 saturated heterocycles. The lowest BCUT2D eigenvalue weighted by Gasteiger charge is -2.10. The number of nitrogen functional groups attached to an aromatic ring is 2. The highest BCUT2D eigenvalue weighted by Gasteiger charge is 2.38. The van der Waals surface area contributed by atoms with Gasteiger partial charge in [-0.25, -0.2) is 17.6 Å². The molecule has 0 atom stereocenters. The topological polar surface area (TPSA) is 164 Å². The molecule has 0 aliphatic rings. The second-order valence-corrected chi connectivity index (χ2v) is 8.70. The maximum atomic E-state index is 14.7. The Morgan fingerprint density at radius 3 is 2.09 bits per heavy atom. The van der Waals surface area contributed by atoms with Crippen molar-refractivity contribution in [1.82, 2.24) is 10.2 Å². The highest BCUT2D eigenvalue weighted by molar-refractivity contribution is 7.92. The van der Waals surface area contributed by atoms with Gasteiger partial charge in [-0.15, -0.1) is 0 Å². The fourth-order valence-electron chi connectivity index (χ4n) is 2.88. The number of hydrogen-bond acceptors (Lipinski definition) is 6. The van der Waals surface area contributed by atoms with Gasteiger partial charge in [0.15, 0.2) is 11.6 Å². The number of nitrogens with two attached hydrogens (primary N) is 2. The molecule has 4 aromatic rings. The minimum Gasteiger partial charge on any atom is -0.475 e. The van der Waals surface area contributed by atoms with E-state index in [4.69, 9.17) is 21.4 Å². The number of anilines is 3. The van der Waals surface area contributed by atoms with E-state index < -0.39 is 28.0 Å². The summed E-state index contributed by atoms with van der Waals surface area (Å²) in [7, 11) is -3.75. The molecule has 0 amide bonds. The van der Waals surface area contributed by atoms with Crippen LogP contribution >= 0.6 is 0 Å². The Hall–Kier alpha value is -4.33. The molecule has 0 saturated carbocycles. The lowest BCUT2D eigenvalue weighted by molar-refractivity contribution is -0.192. The van der Waals surface area contributed by atoms with Gasteiger partial charge in [-0.2, -0.15) is 18.3 Å². The Labute approximate surface area is 195 Å². The number of aromatic nitrogens is 2. The van der Waals surface area contributed by atoms with Crippen LogP contribution in [-0.4, -0.2) is 35.9 Å². The third-order valence-corrected chi connectivity index (χ3v) is 5.98. The zero-order chi connectivity index (χ0) is 26.0. The van der Waals surface area contributed by atoms with E-state index in [0.717, 1.165) is 0 Å². The summed E-state index contributed by atoms with van der Waals surface area (Å²) in [6, 6.07) is 15.6. The average Bonchev–Trinajstić information content (AvgIpc) is 3.16. The number of benzene rings is 3. The van der Waals surface area contributed by atoms with Gasteiger partial charge in [0.25, 0.3) is 10.0 Å². The van der Waals surface area contributed by atoms with Crippen molar-refractivity contribution in [2.24, 2.45) is 0 Å². The van der Waals surface area contributed by atoms with Gasteiger partial charge in [0.1, 0.15) is 5.52 Å². The number of carboxylic acid groups (broad SMARTS) is 1. The van der Waals surface area contributed by atoms with E-state index in [-0.39, 0.29) is 16.2 Å². The molecular weight excluding hydrogens is 494 g/mol. The number of aliphatic carboxylic acids is 1. The van der Waals surface area contributed by atoms with Crippen molar-refractivity contribution in [3.63, 3.8) is 0 Å². The van der Waals surface area contributed by atoms with E-state index in [1.54, 1.807) is 36.4 Å². The van der Waals surface area contributed by atoms with E-state index in [9.17, 15) is 26.0 Å². The molecule has 1 aromatic heterocycles. The fraction of sp³-hybridized carbons (Fsp3) is 0.0476. The first-order valence-electron chi connectivity index (χ1n) is 9.50. The number of rotatable bonds is 4. The number of halogens is 4. The molecule has 0 spiro atoms. The van der Waals surface area contributed by atoms with Crippen molar-refractivity contribution in [3.8, 4) is 11.1 Å². The number of hydrogen-bond donors (Lipinski definition) is 5. The molecule has 4 rings (SSSR count). The van der Waals surface area contributed by atoms with Gasteiger partial charge in [-0.1, -0.05) is 18.2 Å².